The van der Waals surface area contributed by atoms with Crippen LogP contribution in [0.25, 0.3) is 11.0 Å². The molecule has 0 unspecified atom stereocenters. The summed E-state index contributed by atoms with van der Waals surface area (Å²) in [7, 11) is 0. The molecule has 0 saturated carbocycles. The van der Waals surface area contributed by atoms with Crippen molar-refractivity contribution in [2.24, 2.45) is 0 Å². The lowest BCUT2D eigenvalue weighted by Gasteiger charge is -2.46. The molecule has 90 valence electrons. The highest BCUT2D eigenvalue weighted by Crippen LogP contribution is 2.33. The number of para-hydroxylation sites is 2. The van der Waals surface area contributed by atoms with Crippen molar-refractivity contribution in [3.8, 4) is 0 Å². The van der Waals surface area contributed by atoms with Gasteiger partial charge in [0.15, 0.2) is 0 Å². The smallest absolute Gasteiger partial charge is 0.115 e. The first-order valence-electron chi connectivity index (χ1n) is 6.39. The number of hydrogen-bond acceptors (Lipinski definition) is 2. The van der Waals surface area contributed by atoms with Crippen molar-refractivity contribution in [2.75, 3.05) is 19.6 Å². The Hall–Kier alpha value is -1.35. The summed E-state index contributed by atoms with van der Waals surface area (Å²) in [6.07, 6.45) is 1.23. The Morgan fingerprint density at radius 3 is 2.82 bits per heavy atom. The average molecular weight is 229 g/mol. The number of hydrogen-bond donors (Lipinski definition) is 1. The highest BCUT2D eigenvalue weighted by Gasteiger charge is 2.41. The normalized spacial score (nSPS) is 19.4. The van der Waals surface area contributed by atoms with Crippen LogP contribution in [0.2, 0.25) is 0 Å². The van der Waals surface area contributed by atoms with Gasteiger partial charge in [0.2, 0.25) is 0 Å². The molecule has 3 nitrogen and oxygen atoms in total. The van der Waals surface area contributed by atoms with Crippen molar-refractivity contribution in [2.45, 2.75) is 25.7 Å². The first-order chi connectivity index (χ1) is 8.21. The minimum atomic E-state index is 0.216. The topological polar surface area (TPSA) is 31.9 Å². The highest BCUT2D eigenvalue weighted by molar-refractivity contribution is 5.75. The van der Waals surface area contributed by atoms with Gasteiger partial charge in [-0.3, -0.25) is 0 Å². The second kappa shape index (κ2) is 3.84. The molecule has 0 aliphatic carbocycles. The fraction of sp³-hybridized carbons (Fsp3) is 0.500. The van der Waals surface area contributed by atoms with Gasteiger partial charge in [0, 0.05) is 13.1 Å². The number of rotatable bonds is 3. The van der Waals surface area contributed by atoms with E-state index in [1.54, 1.807) is 0 Å². The molecule has 0 amide bonds. The van der Waals surface area contributed by atoms with Crippen LogP contribution in [-0.4, -0.2) is 34.5 Å². The van der Waals surface area contributed by atoms with E-state index in [-0.39, 0.29) is 5.41 Å². The number of fused-ring (bicyclic) bond motifs is 1. The summed E-state index contributed by atoms with van der Waals surface area (Å²) in [4.78, 5) is 10.7. The highest BCUT2D eigenvalue weighted by atomic mass is 15.2. The minimum absolute atomic E-state index is 0.216. The van der Waals surface area contributed by atoms with Gasteiger partial charge in [-0.15, -0.1) is 0 Å². The van der Waals surface area contributed by atoms with Crippen molar-refractivity contribution in [3.05, 3.63) is 30.1 Å². The van der Waals surface area contributed by atoms with E-state index in [4.69, 9.17) is 4.98 Å². The molecule has 3 rings (SSSR count). The summed E-state index contributed by atoms with van der Waals surface area (Å²) in [5.41, 5.74) is 2.45. The molecular weight excluding hydrogens is 210 g/mol. The van der Waals surface area contributed by atoms with Gasteiger partial charge in [-0.1, -0.05) is 26.0 Å². The molecule has 0 bridgehead atoms. The predicted octanol–water partition coefficient (Wildman–Crippen LogP) is 2.55. The molecule has 1 fully saturated rings. The van der Waals surface area contributed by atoms with Crippen LogP contribution in [-0.2, 0) is 5.41 Å². The molecule has 1 aromatic carbocycles. The van der Waals surface area contributed by atoms with Crippen LogP contribution in [0.4, 0.5) is 0 Å². The third-order valence-corrected chi connectivity index (χ3v) is 3.65. The number of nitrogens with zero attached hydrogens (tertiary/aromatic N) is 2. The Kier molecular flexibility index (Phi) is 2.44. The Morgan fingerprint density at radius 2 is 2.12 bits per heavy atom. The van der Waals surface area contributed by atoms with Gasteiger partial charge in [0.05, 0.1) is 16.4 Å². The molecule has 1 aliphatic heterocycles. The quantitative estimate of drug-likeness (QED) is 0.877. The van der Waals surface area contributed by atoms with Crippen molar-refractivity contribution >= 4 is 11.0 Å². The minimum Gasteiger partial charge on any atom is -0.341 e. The Labute approximate surface area is 102 Å². The third-order valence-electron chi connectivity index (χ3n) is 3.65. The first kappa shape index (κ1) is 10.8. The number of imidazole rings is 1. The van der Waals surface area contributed by atoms with E-state index in [1.807, 2.05) is 6.07 Å². The van der Waals surface area contributed by atoms with Crippen LogP contribution in [0.1, 0.15) is 26.1 Å². The molecule has 2 heterocycles. The van der Waals surface area contributed by atoms with Crippen LogP contribution in [0.5, 0.6) is 0 Å². The molecule has 1 aromatic heterocycles. The van der Waals surface area contributed by atoms with E-state index in [0.717, 1.165) is 29.9 Å². The first-order valence-corrected chi connectivity index (χ1v) is 6.39. The summed E-state index contributed by atoms with van der Waals surface area (Å²) in [5, 5.41) is 0. The number of likely N-dealkylation sites (tertiary alicyclic amines) is 1. The zero-order chi connectivity index (χ0) is 11.9. The van der Waals surface area contributed by atoms with Crippen molar-refractivity contribution in [1.29, 1.82) is 0 Å². The molecule has 2 aromatic rings. The van der Waals surface area contributed by atoms with Gasteiger partial charge >= 0.3 is 0 Å². The van der Waals surface area contributed by atoms with Gasteiger partial charge in [0.1, 0.15) is 5.82 Å². The second-order valence-electron chi connectivity index (χ2n) is 5.37. The summed E-state index contributed by atoms with van der Waals surface area (Å²) in [6.45, 7) is 7.99. The molecule has 1 aliphatic rings. The Bertz CT molecular complexity index is 490. The van der Waals surface area contributed by atoms with Crippen LogP contribution in [0, 0.1) is 0 Å². The van der Waals surface area contributed by atoms with Crippen LogP contribution >= 0.6 is 0 Å². The van der Waals surface area contributed by atoms with E-state index >= 15 is 0 Å². The number of H-pyrrole nitrogens is 1. The molecule has 1 N–H and O–H groups in total. The predicted molar refractivity (Wildman–Crippen MR) is 70.2 cm³/mol. The maximum Gasteiger partial charge on any atom is 0.115 e. The number of nitrogens with one attached hydrogen (secondary N) is 1. The SMILES string of the molecule is CCCN1CC(C)(c2nc3ccccc3[nH]2)C1. The molecular formula is C14H19N3. The van der Waals surface area contributed by atoms with E-state index in [9.17, 15) is 0 Å². The summed E-state index contributed by atoms with van der Waals surface area (Å²) < 4.78 is 0. The lowest BCUT2D eigenvalue weighted by Crippen LogP contribution is -2.58. The molecule has 17 heavy (non-hydrogen) atoms. The second-order valence-corrected chi connectivity index (χ2v) is 5.37. The van der Waals surface area contributed by atoms with Gasteiger partial charge < -0.3 is 9.88 Å². The van der Waals surface area contributed by atoms with Crippen LogP contribution in [0.3, 0.4) is 0 Å². The van der Waals surface area contributed by atoms with Gasteiger partial charge in [-0.25, -0.2) is 4.98 Å². The molecule has 0 atom stereocenters. The zero-order valence-corrected chi connectivity index (χ0v) is 10.5. The number of benzene rings is 1. The molecule has 0 spiro atoms. The van der Waals surface area contributed by atoms with Crippen molar-refractivity contribution < 1.29 is 0 Å². The van der Waals surface area contributed by atoms with Crippen LogP contribution in [0.15, 0.2) is 24.3 Å². The molecule has 3 heteroatoms. The van der Waals surface area contributed by atoms with Crippen molar-refractivity contribution in [1.82, 2.24) is 14.9 Å². The molecule has 1 saturated heterocycles. The molecule has 0 radical (unpaired) electrons. The zero-order valence-electron chi connectivity index (χ0n) is 10.5. The van der Waals surface area contributed by atoms with Gasteiger partial charge in [0.25, 0.3) is 0 Å². The Morgan fingerprint density at radius 1 is 1.35 bits per heavy atom. The van der Waals surface area contributed by atoms with E-state index < -0.39 is 0 Å². The standard InChI is InChI=1S/C14H19N3/c1-3-8-17-9-14(2,10-17)13-15-11-6-4-5-7-12(11)16-13/h4-7H,3,8-10H2,1-2H3,(H,15,16). The maximum atomic E-state index is 4.72. The van der Waals surface area contributed by atoms with Gasteiger partial charge in [-0.05, 0) is 25.1 Å². The van der Waals surface area contributed by atoms with Crippen LogP contribution < -0.4 is 0 Å². The van der Waals surface area contributed by atoms with Gasteiger partial charge in [-0.2, -0.15) is 0 Å². The van der Waals surface area contributed by atoms with E-state index in [1.165, 1.54) is 13.0 Å². The van der Waals surface area contributed by atoms with E-state index in [2.05, 4.69) is 41.9 Å². The summed E-state index contributed by atoms with van der Waals surface area (Å²) >= 11 is 0. The largest absolute Gasteiger partial charge is 0.341 e. The summed E-state index contributed by atoms with van der Waals surface area (Å²) in [6, 6.07) is 8.26. The van der Waals surface area contributed by atoms with Crippen molar-refractivity contribution in [3.63, 3.8) is 0 Å². The van der Waals surface area contributed by atoms with E-state index in [0.29, 0.717) is 0 Å². The number of aromatic nitrogens is 2. The monoisotopic (exact) mass is 229 g/mol. The number of aromatic amines is 1. The Balaban J connectivity index is 1.85. The lowest BCUT2D eigenvalue weighted by atomic mass is 9.81. The fourth-order valence-electron chi connectivity index (χ4n) is 2.80. The lowest BCUT2D eigenvalue weighted by molar-refractivity contribution is 0.0729. The summed E-state index contributed by atoms with van der Waals surface area (Å²) in [5.74, 6) is 1.14. The fourth-order valence-corrected chi connectivity index (χ4v) is 2.80. The third kappa shape index (κ3) is 1.75. The maximum absolute atomic E-state index is 4.72. The average Bonchev–Trinajstić information content (AvgIpc) is 2.71.